The Labute approximate surface area is 128 Å². The molecule has 0 saturated carbocycles. The zero-order chi connectivity index (χ0) is 15.5. The third kappa shape index (κ3) is 2.51. The van der Waals surface area contributed by atoms with Crippen molar-refractivity contribution in [2.24, 2.45) is 0 Å². The largest absolute Gasteiger partial charge is 0.494 e. The number of carbonyl (C=O) groups excluding carboxylic acids is 1. The smallest absolute Gasteiger partial charge is 0.260 e. The first-order chi connectivity index (χ1) is 10.7. The molecule has 0 spiro atoms. The van der Waals surface area contributed by atoms with Crippen LogP contribution in [-0.2, 0) is 0 Å². The van der Waals surface area contributed by atoms with Gasteiger partial charge in [0.05, 0.1) is 24.4 Å². The van der Waals surface area contributed by atoms with Crippen LogP contribution in [0.2, 0.25) is 0 Å². The zero-order valence-corrected chi connectivity index (χ0v) is 12.5. The van der Waals surface area contributed by atoms with E-state index in [1.165, 1.54) is 7.11 Å². The standard InChI is InChI=1S/C18H16N2O2/c1-12-7-3-5-9-14(12)20-18(21)17-13-8-4-6-10-15(13)19-11-16(17)22-2/h3-11H,1-2H3,(H,20,21). The molecule has 0 radical (unpaired) electrons. The number of para-hydroxylation sites is 2. The molecule has 2 aromatic carbocycles. The molecule has 0 aliphatic carbocycles. The van der Waals surface area contributed by atoms with E-state index >= 15 is 0 Å². The lowest BCUT2D eigenvalue weighted by atomic mass is 10.1. The van der Waals surface area contributed by atoms with Gasteiger partial charge in [-0.15, -0.1) is 0 Å². The summed E-state index contributed by atoms with van der Waals surface area (Å²) in [5.41, 5.74) is 3.05. The molecule has 0 unspecified atom stereocenters. The number of rotatable bonds is 3. The molecule has 3 aromatic rings. The van der Waals surface area contributed by atoms with E-state index in [4.69, 9.17) is 4.74 Å². The van der Waals surface area contributed by atoms with Gasteiger partial charge >= 0.3 is 0 Å². The number of methoxy groups -OCH3 is 1. The van der Waals surface area contributed by atoms with Crippen molar-refractivity contribution in [3.63, 3.8) is 0 Å². The zero-order valence-electron chi connectivity index (χ0n) is 12.5. The van der Waals surface area contributed by atoms with E-state index in [0.717, 1.165) is 22.2 Å². The van der Waals surface area contributed by atoms with Crippen molar-refractivity contribution < 1.29 is 9.53 Å². The third-order valence-corrected chi connectivity index (χ3v) is 3.58. The highest BCUT2D eigenvalue weighted by Crippen LogP contribution is 2.27. The van der Waals surface area contributed by atoms with Crippen molar-refractivity contribution in [3.05, 3.63) is 65.9 Å². The molecule has 1 amide bonds. The summed E-state index contributed by atoms with van der Waals surface area (Å²) < 4.78 is 5.32. The van der Waals surface area contributed by atoms with Crippen LogP contribution in [-0.4, -0.2) is 18.0 Å². The van der Waals surface area contributed by atoms with Crippen LogP contribution >= 0.6 is 0 Å². The minimum atomic E-state index is -0.204. The van der Waals surface area contributed by atoms with Crippen molar-refractivity contribution in [1.29, 1.82) is 0 Å². The molecule has 1 heterocycles. The summed E-state index contributed by atoms with van der Waals surface area (Å²) in [6.07, 6.45) is 1.58. The Morgan fingerprint density at radius 1 is 1.09 bits per heavy atom. The third-order valence-electron chi connectivity index (χ3n) is 3.58. The topological polar surface area (TPSA) is 51.2 Å². The Kier molecular flexibility index (Phi) is 3.74. The van der Waals surface area contributed by atoms with Crippen LogP contribution in [0.25, 0.3) is 10.9 Å². The molecule has 110 valence electrons. The lowest BCUT2D eigenvalue weighted by molar-refractivity contribution is 0.102. The molecule has 3 rings (SSSR count). The molecule has 1 aromatic heterocycles. The number of ether oxygens (including phenoxy) is 1. The Morgan fingerprint density at radius 3 is 2.59 bits per heavy atom. The minimum Gasteiger partial charge on any atom is -0.494 e. The molecule has 0 fully saturated rings. The number of amides is 1. The molecule has 4 heteroatoms. The fraction of sp³-hybridized carbons (Fsp3) is 0.111. The second kappa shape index (κ2) is 5.85. The first-order valence-corrected chi connectivity index (χ1v) is 6.99. The number of carbonyl (C=O) groups is 1. The molecule has 0 atom stereocenters. The maximum Gasteiger partial charge on any atom is 0.260 e. The maximum atomic E-state index is 12.7. The van der Waals surface area contributed by atoms with Crippen LogP contribution in [0.3, 0.4) is 0 Å². The van der Waals surface area contributed by atoms with E-state index in [1.54, 1.807) is 6.20 Å². The number of anilines is 1. The summed E-state index contributed by atoms with van der Waals surface area (Å²) in [6, 6.07) is 15.2. The van der Waals surface area contributed by atoms with E-state index in [2.05, 4.69) is 10.3 Å². The number of aromatic nitrogens is 1. The average molecular weight is 292 g/mol. The fourth-order valence-corrected chi connectivity index (χ4v) is 2.41. The number of pyridine rings is 1. The first kappa shape index (κ1) is 14.1. The number of nitrogens with zero attached hydrogens (tertiary/aromatic N) is 1. The normalized spacial score (nSPS) is 10.5. The van der Waals surface area contributed by atoms with Crippen molar-refractivity contribution in [2.75, 3.05) is 12.4 Å². The second-order valence-corrected chi connectivity index (χ2v) is 4.99. The summed E-state index contributed by atoms with van der Waals surface area (Å²) in [4.78, 5) is 17.1. The number of nitrogens with one attached hydrogen (secondary N) is 1. The van der Waals surface area contributed by atoms with Crippen molar-refractivity contribution in [1.82, 2.24) is 4.98 Å². The fourth-order valence-electron chi connectivity index (χ4n) is 2.41. The predicted molar refractivity (Wildman–Crippen MR) is 87.4 cm³/mol. The Hall–Kier alpha value is -2.88. The van der Waals surface area contributed by atoms with E-state index in [1.807, 2.05) is 55.5 Å². The average Bonchev–Trinajstić information content (AvgIpc) is 2.55. The molecular formula is C18H16N2O2. The Morgan fingerprint density at radius 2 is 1.82 bits per heavy atom. The summed E-state index contributed by atoms with van der Waals surface area (Å²) in [7, 11) is 1.54. The van der Waals surface area contributed by atoms with Gasteiger partial charge in [-0.25, -0.2) is 0 Å². The van der Waals surface area contributed by atoms with Gasteiger partial charge in [-0.3, -0.25) is 9.78 Å². The number of hydrogen-bond acceptors (Lipinski definition) is 3. The van der Waals surface area contributed by atoms with Gasteiger partial charge in [0.25, 0.3) is 5.91 Å². The minimum absolute atomic E-state index is 0.204. The lowest BCUT2D eigenvalue weighted by Gasteiger charge is -2.13. The lowest BCUT2D eigenvalue weighted by Crippen LogP contribution is -2.14. The van der Waals surface area contributed by atoms with Gasteiger partial charge in [-0.05, 0) is 24.6 Å². The number of fused-ring (bicyclic) bond motifs is 1. The SMILES string of the molecule is COc1cnc2ccccc2c1C(=O)Nc1ccccc1C. The van der Waals surface area contributed by atoms with Crippen LogP contribution in [0, 0.1) is 6.92 Å². The summed E-state index contributed by atoms with van der Waals surface area (Å²) in [6.45, 7) is 1.96. The molecule has 4 nitrogen and oxygen atoms in total. The monoisotopic (exact) mass is 292 g/mol. The van der Waals surface area contributed by atoms with E-state index in [-0.39, 0.29) is 5.91 Å². The molecular weight excluding hydrogens is 276 g/mol. The van der Waals surface area contributed by atoms with E-state index in [0.29, 0.717) is 11.3 Å². The molecule has 0 saturated heterocycles. The van der Waals surface area contributed by atoms with Crippen LogP contribution < -0.4 is 10.1 Å². The van der Waals surface area contributed by atoms with Gasteiger partial charge in [-0.2, -0.15) is 0 Å². The van der Waals surface area contributed by atoms with E-state index in [9.17, 15) is 4.79 Å². The highest BCUT2D eigenvalue weighted by Gasteiger charge is 2.17. The van der Waals surface area contributed by atoms with Gasteiger partial charge in [0.1, 0.15) is 0 Å². The van der Waals surface area contributed by atoms with Gasteiger partial charge in [0.15, 0.2) is 5.75 Å². The molecule has 0 aliphatic rings. The Balaban J connectivity index is 2.08. The first-order valence-electron chi connectivity index (χ1n) is 6.99. The van der Waals surface area contributed by atoms with Crippen LogP contribution in [0.15, 0.2) is 54.7 Å². The highest BCUT2D eigenvalue weighted by atomic mass is 16.5. The molecule has 1 N–H and O–H groups in total. The van der Waals surface area contributed by atoms with Crippen LogP contribution in [0.4, 0.5) is 5.69 Å². The van der Waals surface area contributed by atoms with Crippen molar-refractivity contribution >= 4 is 22.5 Å². The second-order valence-electron chi connectivity index (χ2n) is 4.99. The molecule has 0 bridgehead atoms. The predicted octanol–water partition coefficient (Wildman–Crippen LogP) is 3.80. The van der Waals surface area contributed by atoms with Crippen LogP contribution in [0.5, 0.6) is 5.75 Å². The summed E-state index contributed by atoms with van der Waals surface area (Å²) >= 11 is 0. The summed E-state index contributed by atoms with van der Waals surface area (Å²) in [5, 5.41) is 3.72. The van der Waals surface area contributed by atoms with E-state index < -0.39 is 0 Å². The highest BCUT2D eigenvalue weighted by molar-refractivity contribution is 6.14. The number of benzene rings is 2. The van der Waals surface area contributed by atoms with Crippen molar-refractivity contribution in [2.45, 2.75) is 6.92 Å². The number of hydrogen-bond donors (Lipinski definition) is 1. The Bertz CT molecular complexity index is 843. The van der Waals surface area contributed by atoms with Gasteiger partial charge < -0.3 is 10.1 Å². The van der Waals surface area contributed by atoms with Crippen molar-refractivity contribution in [3.8, 4) is 5.75 Å². The van der Waals surface area contributed by atoms with Crippen LogP contribution in [0.1, 0.15) is 15.9 Å². The molecule has 22 heavy (non-hydrogen) atoms. The van der Waals surface area contributed by atoms with Gasteiger partial charge in [-0.1, -0.05) is 36.4 Å². The molecule has 0 aliphatic heterocycles. The number of aryl methyl sites for hydroxylation is 1. The van der Waals surface area contributed by atoms with Gasteiger partial charge in [0, 0.05) is 11.1 Å². The quantitative estimate of drug-likeness (QED) is 0.798. The maximum absolute atomic E-state index is 12.7. The van der Waals surface area contributed by atoms with Gasteiger partial charge in [0.2, 0.25) is 0 Å². The summed E-state index contributed by atoms with van der Waals surface area (Å²) in [5.74, 6) is 0.259.